The average Bonchev–Trinajstić information content (AvgIpc) is 3.42. The molecule has 0 radical (unpaired) electrons. The van der Waals surface area contributed by atoms with Crippen LogP contribution in [0.2, 0.25) is 0 Å². The Labute approximate surface area is 176 Å². The SMILES string of the molecule is CN=C(NCCc1ccc2c(c1)OCO2)NCCc1nccn1Cc1ccccc1. The van der Waals surface area contributed by atoms with E-state index in [1.165, 1.54) is 11.1 Å². The van der Waals surface area contributed by atoms with Gasteiger partial charge in [-0.3, -0.25) is 4.99 Å². The van der Waals surface area contributed by atoms with Crippen LogP contribution in [-0.4, -0.2) is 42.4 Å². The van der Waals surface area contributed by atoms with Crippen LogP contribution in [-0.2, 0) is 19.4 Å². The summed E-state index contributed by atoms with van der Waals surface area (Å²) in [6, 6.07) is 16.5. The summed E-state index contributed by atoms with van der Waals surface area (Å²) in [7, 11) is 1.78. The maximum atomic E-state index is 5.44. The van der Waals surface area contributed by atoms with E-state index in [2.05, 4.69) is 55.5 Å². The Bertz CT molecular complexity index is 984. The van der Waals surface area contributed by atoms with Crippen LogP contribution in [0.3, 0.4) is 0 Å². The van der Waals surface area contributed by atoms with Gasteiger partial charge in [0.15, 0.2) is 17.5 Å². The molecule has 2 N–H and O–H groups in total. The van der Waals surface area contributed by atoms with Crippen molar-refractivity contribution in [1.29, 1.82) is 0 Å². The third kappa shape index (κ3) is 5.11. The average molecular weight is 406 g/mol. The monoisotopic (exact) mass is 405 g/mol. The van der Waals surface area contributed by atoms with E-state index in [0.717, 1.165) is 55.8 Å². The second-order valence-corrected chi connectivity index (χ2v) is 7.07. The Kier molecular flexibility index (Phi) is 6.49. The molecular weight excluding hydrogens is 378 g/mol. The van der Waals surface area contributed by atoms with E-state index in [-0.39, 0.29) is 0 Å². The van der Waals surface area contributed by atoms with Gasteiger partial charge in [-0.05, 0) is 29.7 Å². The minimum Gasteiger partial charge on any atom is -0.454 e. The standard InChI is InChI=1S/C23H27N5O2/c1-24-23(26-11-9-18-7-8-20-21(15-18)30-17-29-20)27-12-10-22-25-13-14-28(22)16-19-5-3-2-4-6-19/h2-8,13-15H,9-12,16-17H2,1H3,(H2,24,26,27). The lowest BCUT2D eigenvalue weighted by Crippen LogP contribution is -2.39. The van der Waals surface area contributed by atoms with Gasteiger partial charge in [0.05, 0.1) is 0 Å². The molecule has 7 nitrogen and oxygen atoms in total. The summed E-state index contributed by atoms with van der Waals surface area (Å²) >= 11 is 0. The van der Waals surface area contributed by atoms with Gasteiger partial charge in [0.2, 0.25) is 6.79 Å². The van der Waals surface area contributed by atoms with E-state index in [9.17, 15) is 0 Å². The number of guanidine groups is 1. The molecule has 2 heterocycles. The summed E-state index contributed by atoms with van der Waals surface area (Å²) in [6.07, 6.45) is 5.58. The summed E-state index contributed by atoms with van der Waals surface area (Å²) < 4.78 is 13.0. The third-order valence-corrected chi connectivity index (χ3v) is 5.01. The highest BCUT2D eigenvalue weighted by Gasteiger charge is 2.13. The zero-order valence-electron chi connectivity index (χ0n) is 17.2. The number of aliphatic imine (C=N–C) groups is 1. The first-order valence-electron chi connectivity index (χ1n) is 10.2. The molecule has 30 heavy (non-hydrogen) atoms. The van der Waals surface area contributed by atoms with Crippen LogP contribution in [0, 0.1) is 0 Å². The van der Waals surface area contributed by atoms with Crippen LogP contribution in [0.1, 0.15) is 17.0 Å². The maximum absolute atomic E-state index is 5.44. The minimum absolute atomic E-state index is 0.303. The van der Waals surface area contributed by atoms with Crippen LogP contribution in [0.15, 0.2) is 65.9 Å². The van der Waals surface area contributed by atoms with Gasteiger partial charge in [0.1, 0.15) is 5.82 Å². The molecule has 0 atom stereocenters. The molecule has 156 valence electrons. The van der Waals surface area contributed by atoms with E-state index in [0.29, 0.717) is 6.79 Å². The predicted molar refractivity (Wildman–Crippen MR) is 117 cm³/mol. The molecule has 0 aliphatic carbocycles. The number of rotatable bonds is 8. The molecule has 1 aliphatic rings. The molecule has 0 saturated carbocycles. The number of imidazole rings is 1. The second kappa shape index (κ2) is 9.82. The molecule has 2 aromatic carbocycles. The molecule has 0 unspecified atom stereocenters. The summed E-state index contributed by atoms with van der Waals surface area (Å²) in [6.45, 7) is 2.67. The lowest BCUT2D eigenvalue weighted by Gasteiger charge is -2.13. The van der Waals surface area contributed by atoms with E-state index < -0.39 is 0 Å². The van der Waals surface area contributed by atoms with Gasteiger partial charge >= 0.3 is 0 Å². The Morgan fingerprint density at radius 3 is 2.63 bits per heavy atom. The fourth-order valence-corrected chi connectivity index (χ4v) is 3.43. The smallest absolute Gasteiger partial charge is 0.231 e. The van der Waals surface area contributed by atoms with Gasteiger partial charge in [-0.1, -0.05) is 36.4 Å². The van der Waals surface area contributed by atoms with Crippen LogP contribution >= 0.6 is 0 Å². The number of ether oxygens (including phenoxy) is 2. The van der Waals surface area contributed by atoms with Crippen molar-refractivity contribution in [3.05, 3.63) is 77.9 Å². The molecule has 4 rings (SSSR count). The summed E-state index contributed by atoms with van der Waals surface area (Å²) in [5, 5.41) is 6.73. The van der Waals surface area contributed by atoms with E-state index in [1.54, 1.807) is 7.05 Å². The highest BCUT2D eigenvalue weighted by molar-refractivity contribution is 5.79. The molecule has 1 aromatic heterocycles. The fourth-order valence-electron chi connectivity index (χ4n) is 3.43. The van der Waals surface area contributed by atoms with Crippen molar-refractivity contribution in [2.45, 2.75) is 19.4 Å². The van der Waals surface area contributed by atoms with Crippen molar-refractivity contribution >= 4 is 5.96 Å². The van der Waals surface area contributed by atoms with Crippen LogP contribution in [0.4, 0.5) is 0 Å². The van der Waals surface area contributed by atoms with Crippen molar-refractivity contribution in [1.82, 2.24) is 20.2 Å². The number of aromatic nitrogens is 2. The lowest BCUT2D eigenvalue weighted by atomic mass is 10.1. The quantitative estimate of drug-likeness (QED) is 0.445. The van der Waals surface area contributed by atoms with Crippen molar-refractivity contribution in [2.75, 3.05) is 26.9 Å². The summed E-state index contributed by atoms with van der Waals surface area (Å²) in [4.78, 5) is 8.81. The Hall–Kier alpha value is -3.48. The lowest BCUT2D eigenvalue weighted by molar-refractivity contribution is 0.174. The van der Waals surface area contributed by atoms with Crippen molar-refractivity contribution < 1.29 is 9.47 Å². The number of nitrogens with one attached hydrogen (secondary N) is 2. The first-order chi connectivity index (χ1) is 14.8. The topological polar surface area (TPSA) is 72.7 Å². The highest BCUT2D eigenvalue weighted by Crippen LogP contribution is 2.32. The second-order valence-electron chi connectivity index (χ2n) is 7.07. The number of benzene rings is 2. The van der Waals surface area contributed by atoms with Crippen molar-refractivity contribution in [3.63, 3.8) is 0 Å². The molecule has 0 spiro atoms. The maximum Gasteiger partial charge on any atom is 0.231 e. The van der Waals surface area contributed by atoms with Crippen molar-refractivity contribution in [3.8, 4) is 11.5 Å². The first kappa shape index (κ1) is 19.8. The molecule has 0 amide bonds. The molecular formula is C23H27N5O2. The number of hydrogen-bond donors (Lipinski definition) is 2. The number of fused-ring (bicyclic) bond motifs is 1. The van der Waals surface area contributed by atoms with E-state index in [4.69, 9.17) is 9.47 Å². The van der Waals surface area contributed by atoms with E-state index >= 15 is 0 Å². The van der Waals surface area contributed by atoms with Crippen LogP contribution in [0.5, 0.6) is 11.5 Å². The van der Waals surface area contributed by atoms with Gasteiger partial charge in [0, 0.05) is 45.5 Å². The Morgan fingerprint density at radius 1 is 1.00 bits per heavy atom. The van der Waals surface area contributed by atoms with Crippen molar-refractivity contribution in [2.24, 2.45) is 4.99 Å². The zero-order chi connectivity index (χ0) is 20.6. The molecule has 0 saturated heterocycles. The van der Waals surface area contributed by atoms with Gasteiger partial charge in [-0.2, -0.15) is 0 Å². The van der Waals surface area contributed by atoms with Crippen LogP contribution < -0.4 is 20.1 Å². The molecule has 3 aromatic rings. The van der Waals surface area contributed by atoms with Gasteiger partial charge in [-0.15, -0.1) is 0 Å². The predicted octanol–water partition coefficient (Wildman–Crippen LogP) is 2.61. The van der Waals surface area contributed by atoms with Crippen LogP contribution in [0.25, 0.3) is 0 Å². The zero-order valence-corrected chi connectivity index (χ0v) is 17.2. The summed E-state index contributed by atoms with van der Waals surface area (Å²) in [5.74, 6) is 3.48. The normalized spacial score (nSPS) is 12.8. The fraction of sp³-hybridized carbons (Fsp3) is 0.304. The molecule has 0 fully saturated rings. The first-order valence-corrected chi connectivity index (χ1v) is 10.2. The highest BCUT2D eigenvalue weighted by atomic mass is 16.7. The van der Waals surface area contributed by atoms with Gasteiger partial charge in [-0.25, -0.2) is 4.98 Å². The van der Waals surface area contributed by atoms with E-state index in [1.807, 2.05) is 30.6 Å². The Morgan fingerprint density at radius 2 is 1.80 bits per heavy atom. The number of hydrogen-bond acceptors (Lipinski definition) is 4. The van der Waals surface area contributed by atoms with Gasteiger partial charge < -0.3 is 24.7 Å². The third-order valence-electron chi connectivity index (χ3n) is 5.01. The molecule has 7 heteroatoms. The van der Waals surface area contributed by atoms with Gasteiger partial charge in [0.25, 0.3) is 0 Å². The number of nitrogens with zero attached hydrogens (tertiary/aromatic N) is 3. The minimum atomic E-state index is 0.303. The Balaban J connectivity index is 1.21. The molecule has 0 bridgehead atoms. The molecule has 1 aliphatic heterocycles. The largest absolute Gasteiger partial charge is 0.454 e. The summed E-state index contributed by atoms with van der Waals surface area (Å²) in [5.41, 5.74) is 2.47.